The Hall–Kier alpha value is -4.60. The molecule has 0 atom stereocenters. The zero-order valence-corrected chi connectivity index (χ0v) is 23.1. The number of hydrogen-bond acceptors (Lipinski definition) is 2. The second-order valence-corrected chi connectivity index (χ2v) is 15.0. The Kier molecular flexibility index (Phi) is 5.61. The second kappa shape index (κ2) is 9.30. The Morgan fingerprint density at radius 1 is 0.513 bits per heavy atom. The smallest absolute Gasteiger partial charge is 0.151 e. The highest BCUT2D eigenvalue weighted by Gasteiger charge is 2.38. The van der Waals surface area contributed by atoms with Gasteiger partial charge in [-0.15, -0.1) is 0 Å². The monoisotopic (exact) mass is 519 g/mol. The second-order valence-electron chi connectivity index (χ2n) is 10.6. The fourth-order valence-electron chi connectivity index (χ4n) is 5.87. The van der Waals surface area contributed by atoms with E-state index in [-0.39, 0.29) is 0 Å². The SMILES string of the molecule is C[Si]1(C)c2ccccc2Oc2c(N(c3ccc(-c4ccccc4)cc3)c3cccc4ccccc34)cccc21. The minimum absolute atomic E-state index is 0.966. The third-order valence-corrected chi connectivity index (χ3v) is 11.4. The van der Waals surface area contributed by atoms with E-state index in [0.717, 1.165) is 28.6 Å². The van der Waals surface area contributed by atoms with Crippen molar-refractivity contribution in [3.8, 4) is 22.6 Å². The van der Waals surface area contributed by atoms with Gasteiger partial charge >= 0.3 is 0 Å². The maximum atomic E-state index is 6.77. The van der Waals surface area contributed by atoms with Gasteiger partial charge in [-0.25, -0.2) is 0 Å². The topological polar surface area (TPSA) is 12.5 Å². The number of para-hydroxylation sites is 2. The van der Waals surface area contributed by atoms with Crippen molar-refractivity contribution >= 4 is 46.3 Å². The molecule has 1 heterocycles. The molecule has 2 nitrogen and oxygen atoms in total. The van der Waals surface area contributed by atoms with Crippen LogP contribution in [0, 0.1) is 0 Å². The van der Waals surface area contributed by atoms with E-state index in [4.69, 9.17) is 4.74 Å². The molecule has 0 N–H and O–H groups in total. The molecule has 1 aliphatic rings. The van der Waals surface area contributed by atoms with Gasteiger partial charge in [-0.1, -0.05) is 122 Å². The van der Waals surface area contributed by atoms with Gasteiger partial charge in [-0.2, -0.15) is 0 Å². The van der Waals surface area contributed by atoms with Crippen LogP contribution in [0.25, 0.3) is 21.9 Å². The number of benzene rings is 6. The van der Waals surface area contributed by atoms with E-state index in [1.165, 1.54) is 32.3 Å². The van der Waals surface area contributed by atoms with Gasteiger partial charge < -0.3 is 9.64 Å². The fraction of sp³-hybridized carbons (Fsp3) is 0.0556. The summed E-state index contributed by atoms with van der Waals surface area (Å²) in [6.07, 6.45) is 0. The molecule has 6 aromatic rings. The normalized spacial score (nSPS) is 13.3. The first kappa shape index (κ1) is 23.5. The molecule has 0 spiro atoms. The Morgan fingerprint density at radius 3 is 1.97 bits per heavy atom. The summed E-state index contributed by atoms with van der Waals surface area (Å²) < 4.78 is 6.77. The molecule has 188 valence electrons. The highest BCUT2D eigenvalue weighted by molar-refractivity contribution is 7.01. The van der Waals surface area contributed by atoms with Crippen LogP contribution in [-0.4, -0.2) is 8.07 Å². The molecular formula is C36H29NOSi. The lowest BCUT2D eigenvalue weighted by Gasteiger charge is -2.36. The number of rotatable bonds is 4. The van der Waals surface area contributed by atoms with Crippen LogP contribution >= 0.6 is 0 Å². The van der Waals surface area contributed by atoms with Crippen LogP contribution in [0.2, 0.25) is 13.1 Å². The van der Waals surface area contributed by atoms with Crippen LogP contribution < -0.4 is 20.0 Å². The first-order valence-electron chi connectivity index (χ1n) is 13.5. The molecule has 6 aromatic carbocycles. The van der Waals surface area contributed by atoms with E-state index in [0.29, 0.717) is 0 Å². The average Bonchev–Trinajstić information content (AvgIpc) is 2.99. The molecular weight excluding hydrogens is 490 g/mol. The van der Waals surface area contributed by atoms with Crippen molar-refractivity contribution in [2.45, 2.75) is 13.1 Å². The van der Waals surface area contributed by atoms with E-state index in [1.54, 1.807) is 0 Å². The van der Waals surface area contributed by atoms with Crippen molar-refractivity contribution in [1.29, 1.82) is 0 Å². The number of ether oxygens (including phenoxy) is 1. The highest BCUT2D eigenvalue weighted by Crippen LogP contribution is 2.45. The van der Waals surface area contributed by atoms with Gasteiger partial charge in [-0.3, -0.25) is 0 Å². The van der Waals surface area contributed by atoms with Crippen molar-refractivity contribution in [2.24, 2.45) is 0 Å². The molecule has 7 rings (SSSR count). The van der Waals surface area contributed by atoms with Crippen LogP contribution in [0.4, 0.5) is 17.1 Å². The molecule has 39 heavy (non-hydrogen) atoms. The molecule has 3 heteroatoms. The summed E-state index contributed by atoms with van der Waals surface area (Å²) in [6, 6.07) is 49.8. The molecule has 0 radical (unpaired) electrons. The molecule has 0 bridgehead atoms. The number of anilines is 3. The minimum Gasteiger partial charge on any atom is -0.455 e. The Morgan fingerprint density at radius 2 is 1.13 bits per heavy atom. The molecule has 0 saturated heterocycles. The van der Waals surface area contributed by atoms with Crippen molar-refractivity contribution in [3.05, 3.63) is 140 Å². The van der Waals surface area contributed by atoms with Gasteiger partial charge in [0.1, 0.15) is 13.8 Å². The lowest BCUT2D eigenvalue weighted by molar-refractivity contribution is 0.488. The summed E-state index contributed by atoms with van der Waals surface area (Å²) in [6.45, 7) is 4.85. The summed E-state index contributed by atoms with van der Waals surface area (Å²) in [5.41, 5.74) is 5.71. The molecule has 0 unspecified atom stereocenters. The third kappa shape index (κ3) is 3.94. The molecule has 1 aliphatic heterocycles. The van der Waals surface area contributed by atoms with Crippen LogP contribution in [-0.2, 0) is 0 Å². The van der Waals surface area contributed by atoms with E-state index < -0.39 is 8.07 Å². The van der Waals surface area contributed by atoms with Crippen LogP contribution in [0.5, 0.6) is 11.5 Å². The largest absolute Gasteiger partial charge is 0.455 e. The van der Waals surface area contributed by atoms with E-state index in [2.05, 4.69) is 158 Å². The van der Waals surface area contributed by atoms with E-state index >= 15 is 0 Å². The molecule has 0 saturated carbocycles. The fourth-order valence-corrected chi connectivity index (χ4v) is 8.69. The number of nitrogens with zero attached hydrogens (tertiary/aromatic N) is 1. The summed E-state index contributed by atoms with van der Waals surface area (Å²) >= 11 is 0. The maximum Gasteiger partial charge on any atom is 0.151 e. The first-order chi connectivity index (χ1) is 19.1. The van der Waals surface area contributed by atoms with E-state index in [9.17, 15) is 0 Å². The first-order valence-corrected chi connectivity index (χ1v) is 16.5. The summed E-state index contributed by atoms with van der Waals surface area (Å²) in [4.78, 5) is 2.37. The zero-order chi connectivity index (χ0) is 26.4. The predicted molar refractivity (Wildman–Crippen MR) is 167 cm³/mol. The summed E-state index contributed by atoms with van der Waals surface area (Å²) in [5, 5.41) is 5.09. The lowest BCUT2D eigenvalue weighted by atomic mass is 10.0. The minimum atomic E-state index is -1.97. The highest BCUT2D eigenvalue weighted by atomic mass is 28.3. The van der Waals surface area contributed by atoms with Gasteiger partial charge in [-0.05, 0) is 57.2 Å². The van der Waals surface area contributed by atoms with Gasteiger partial charge in [0.2, 0.25) is 0 Å². The molecule has 0 fully saturated rings. The number of hydrogen-bond donors (Lipinski definition) is 0. The quantitative estimate of drug-likeness (QED) is 0.216. The Balaban J connectivity index is 1.46. The summed E-state index contributed by atoms with van der Waals surface area (Å²) in [5.74, 6) is 1.94. The molecule has 0 amide bonds. The molecule has 0 aliphatic carbocycles. The van der Waals surface area contributed by atoms with Crippen molar-refractivity contribution < 1.29 is 4.74 Å². The lowest BCUT2D eigenvalue weighted by Crippen LogP contribution is -2.56. The third-order valence-electron chi connectivity index (χ3n) is 7.92. The van der Waals surface area contributed by atoms with Crippen molar-refractivity contribution in [1.82, 2.24) is 0 Å². The van der Waals surface area contributed by atoms with Crippen LogP contribution in [0.3, 0.4) is 0 Å². The van der Waals surface area contributed by atoms with Crippen LogP contribution in [0.15, 0.2) is 140 Å². The van der Waals surface area contributed by atoms with Gasteiger partial charge in [0.25, 0.3) is 0 Å². The van der Waals surface area contributed by atoms with E-state index in [1.807, 2.05) is 0 Å². The van der Waals surface area contributed by atoms with Crippen molar-refractivity contribution in [2.75, 3.05) is 4.90 Å². The maximum absolute atomic E-state index is 6.77. The van der Waals surface area contributed by atoms with Crippen molar-refractivity contribution in [3.63, 3.8) is 0 Å². The average molecular weight is 520 g/mol. The Labute approximate surface area is 230 Å². The Bertz CT molecular complexity index is 1800. The number of fused-ring (bicyclic) bond motifs is 3. The molecule has 0 aromatic heterocycles. The predicted octanol–water partition coefficient (Wildman–Crippen LogP) is 8.90. The van der Waals surface area contributed by atoms with Gasteiger partial charge in [0.05, 0.1) is 11.4 Å². The van der Waals surface area contributed by atoms with Gasteiger partial charge in [0.15, 0.2) is 5.75 Å². The zero-order valence-electron chi connectivity index (χ0n) is 22.1. The standard InChI is InChI=1S/C36H29NOSi/c1-39(2)34-20-9-8-19-33(34)38-36-32(18-11-21-35(36)39)37(31-17-10-15-28-14-6-7-16-30(28)31)29-24-22-27(23-25-29)26-12-4-3-5-13-26/h3-25H,1-2H3. The van der Waals surface area contributed by atoms with Gasteiger partial charge in [0, 0.05) is 11.1 Å². The van der Waals surface area contributed by atoms with Crippen LogP contribution in [0.1, 0.15) is 0 Å². The summed E-state index contributed by atoms with van der Waals surface area (Å²) in [7, 11) is -1.97.